The second kappa shape index (κ2) is 10.1. The van der Waals surface area contributed by atoms with Crippen LogP contribution in [0.25, 0.3) is 93.5 Å². The van der Waals surface area contributed by atoms with Crippen LogP contribution in [0.5, 0.6) is 0 Å². The van der Waals surface area contributed by atoms with Crippen molar-refractivity contribution >= 4 is 60.0 Å². The Kier molecular flexibility index (Phi) is 5.54. The summed E-state index contributed by atoms with van der Waals surface area (Å²) in [6.45, 7) is 0. The molecule has 0 radical (unpaired) electrons. The van der Waals surface area contributed by atoms with Gasteiger partial charge in [-0.3, -0.25) is 9.38 Å². The molecule has 0 bridgehead atoms. The fourth-order valence-corrected chi connectivity index (χ4v) is 7.39. The maximum atomic E-state index is 5.27. The molecule has 47 heavy (non-hydrogen) atoms. The SMILES string of the molecule is c1ccc(-c2nc3ccc(-c4c5ccccc5c(-c5cccc6cccnc56)c5ccccc45)cc3c3nc4ccccn4c23)cc1. The third kappa shape index (κ3) is 3.85. The van der Waals surface area contributed by atoms with Crippen LogP contribution >= 0.6 is 0 Å². The monoisotopic (exact) mass is 598 g/mol. The van der Waals surface area contributed by atoms with E-state index in [0.717, 1.165) is 60.9 Å². The lowest BCUT2D eigenvalue weighted by molar-refractivity contribution is 1.22. The molecule has 0 aliphatic heterocycles. The minimum absolute atomic E-state index is 0.906. The first kappa shape index (κ1) is 25.9. The van der Waals surface area contributed by atoms with Crippen molar-refractivity contribution < 1.29 is 0 Å². The molecule has 0 unspecified atom stereocenters. The number of fused-ring (bicyclic) bond motifs is 8. The highest BCUT2D eigenvalue weighted by Gasteiger charge is 2.20. The van der Waals surface area contributed by atoms with E-state index in [2.05, 4.69) is 138 Å². The summed E-state index contributed by atoms with van der Waals surface area (Å²) in [6, 6.07) is 51.4. The molecule has 0 N–H and O–H groups in total. The van der Waals surface area contributed by atoms with Gasteiger partial charge >= 0.3 is 0 Å². The van der Waals surface area contributed by atoms with Crippen molar-refractivity contribution in [2.24, 2.45) is 0 Å². The van der Waals surface area contributed by atoms with E-state index in [-0.39, 0.29) is 0 Å². The highest BCUT2D eigenvalue weighted by molar-refractivity contribution is 6.24. The lowest BCUT2D eigenvalue weighted by Crippen LogP contribution is -1.94. The molecular weight excluding hydrogens is 573 g/mol. The second-order valence-electron chi connectivity index (χ2n) is 12.0. The average Bonchev–Trinajstić information content (AvgIpc) is 3.54. The number of pyridine rings is 3. The first-order chi connectivity index (χ1) is 23.3. The molecule has 4 heterocycles. The number of nitrogens with zero attached hydrogens (tertiary/aromatic N) is 4. The van der Waals surface area contributed by atoms with Gasteiger partial charge in [-0.15, -0.1) is 0 Å². The Labute approximate surface area is 270 Å². The average molecular weight is 599 g/mol. The summed E-state index contributed by atoms with van der Waals surface area (Å²) in [5.41, 5.74) is 11.5. The Bertz CT molecular complexity index is 2790. The van der Waals surface area contributed by atoms with Gasteiger partial charge in [0.05, 0.1) is 22.2 Å². The molecule has 6 aromatic carbocycles. The summed E-state index contributed by atoms with van der Waals surface area (Å²) < 4.78 is 2.16. The van der Waals surface area contributed by atoms with Crippen molar-refractivity contribution in [3.8, 4) is 33.5 Å². The van der Waals surface area contributed by atoms with E-state index < -0.39 is 0 Å². The van der Waals surface area contributed by atoms with Gasteiger partial charge in [0.25, 0.3) is 0 Å². The van der Waals surface area contributed by atoms with Gasteiger partial charge in [-0.05, 0) is 68.6 Å². The lowest BCUT2D eigenvalue weighted by Gasteiger charge is -2.18. The molecule has 0 saturated carbocycles. The summed E-state index contributed by atoms with van der Waals surface area (Å²) in [6.07, 6.45) is 3.97. The van der Waals surface area contributed by atoms with E-state index in [1.807, 2.05) is 24.4 Å². The summed E-state index contributed by atoms with van der Waals surface area (Å²) in [7, 11) is 0. The first-order valence-corrected chi connectivity index (χ1v) is 15.9. The van der Waals surface area contributed by atoms with Crippen LogP contribution in [0, 0.1) is 0 Å². The number of para-hydroxylation sites is 1. The summed E-state index contributed by atoms with van der Waals surface area (Å²) >= 11 is 0. The van der Waals surface area contributed by atoms with Gasteiger partial charge in [-0.1, -0.05) is 115 Å². The van der Waals surface area contributed by atoms with E-state index in [4.69, 9.17) is 15.0 Å². The number of rotatable bonds is 3. The highest BCUT2D eigenvalue weighted by Crippen LogP contribution is 2.45. The molecule has 0 amide bonds. The Morgan fingerprint density at radius 1 is 0.468 bits per heavy atom. The van der Waals surface area contributed by atoms with Crippen molar-refractivity contribution in [3.05, 3.63) is 158 Å². The summed E-state index contributed by atoms with van der Waals surface area (Å²) in [5.74, 6) is 0. The number of imidazole rings is 1. The molecule has 0 aliphatic carbocycles. The van der Waals surface area contributed by atoms with Gasteiger partial charge in [0.15, 0.2) is 0 Å². The van der Waals surface area contributed by atoms with Gasteiger partial charge in [-0.2, -0.15) is 0 Å². The highest BCUT2D eigenvalue weighted by atomic mass is 15.0. The molecule has 0 atom stereocenters. The predicted molar refractivity (Wildman–Crippen MR) is 195 cm³/mol. The van der Waals surface area contributed by atoms with Crippen LogP contribution in [-0.4, -0.2) is 19.4 Å². The zero-order valence-corrected chi connectivity index (χ0v) is 25.3. The second-order valence-corrected chi connectivity index (χ2v) is 12.0. The van der Waals surface area contributed by atoms with Crippen LogP contribution < -0.4 is 0 Å². The Morgan fingerprint density at radius 3 is 1.96 bits per heavy atom. The van der Waals surface area contributed by atoms with Gasteiger partial charge in [0, 0.05) is 34.3 Å². The molecular formula is C43H26N4. The standard InChI is InChI=1S/C43H26N4/c1-2-12-28(13-3-1)41-43-42(46-37-21-8-9-25-47(37)43)35-26-29(22-23-36(35)45-41)38-30-16-4-6-18-32(30)39(33-19-7-5-17-31(33)38)34-20-10-14-27-15-11-24-44-40(27)34/h1-26H. The van der Waals surface area contributed by atoms with E-state index in [9.17, 15) is 0 Å². The van der Waals surface area contributed by atoms with E-state index >= 15 is 0 Å². The topological polar surface area (TPSA) is 43.1 Å². The van der Waals surface area contributed by atoms with Crippen molar-refractivity contribution in [2.75, 3.05) is 0 Å². The zero-order chi connectivity index (χ0) is 30.9. The zero-order valence-electron chi connectivity index (χ0n) is 25.3. The number of aromatic nitrogens is 4. The van der Waals surface area contributed by atoms with Crippen molar-refractivity contribution in [3.63, 3.8) is 0 Å². The van der Waals surface area contributed by atoms with Crippen molar-refractivity contribution in [1.82, 2.24) is 19.4 Å². The van der Waals surface area contributed by atoms with Gasteiger partial charge in [-0.25, -0.2) is 9.97 Å². The van der Waals surface area contributed by atoms with Crippen LogP contribution in [0.3, 0.4) is 0 Å². The molecule has 4 nitrogen and oxygen atoms in total. The number of hydrogen-bond acceptors (Lipinski definition) is 3. The Morgan fingerprint density at radius 2 is 1.17 bits per heavy atom. The molecule has 0 fully saturated rings. The predicted octanol–water partition coefficient (Wildman–Crippen LogP) is 10.9. The third-order valence-corrected chi connectivity index (χ3v) is 9.41. The number of hydrogen-bond donors (Lipinski definition) is 0. The fraction of sp³-hybridized carbons (Fsp3) is 0. The quantitative estimate of drug-likeness (QED) is 0.190. The molecule has 10 aromatic rings. The van der Waals surface area contributed by atoms with Gasteiger partial charge in [0.1, 0.15) is 11.2 Å². The van der Waals surface area contributed by atoms with Crippen LogP contribution in [-0.2, 0) is 0 Å². The molecule has 4 heteroatoms. The summed E-state index contributed by atoms with van der Waals surface area (Å²) in [4.78, 5) is 15.3. The maximum absolute atomic E-state index is 5.27. The Hall–Kier alpha value is -6.39. The largest absolute Gasteiger partial charge is 0.298 e. The first-order valence-electron chi connectivity index (χ1n) is 15.9. The molecule has 4 aromatic heterocycles. The normalized spacial score (nSPS) is 11.8. The van der Waals surface area contributed by atoms with Crippen LogP contribution in [0.15, 0.2) is 158 Å². The Balaban J connectivity index is 1.31. The van der Waals surface area contributed by atoms with Crippen LogP contribution in [0.4, 0.5) is 0 Å². The minimum Gasteiger partial charge on any atom is -0.298 e. The van der Waals surface area contributed by atoms with E-state index in [1.165, 1.54) is 32.7 Å². The molecule has 0 spiro atoms. The van der Waals surface area contributed by atoms with Gasteiger partial charge in [0.2, 0.25) is 0 Å². The lowest BCUT2D eigenvalue weighted by atomic mass is 9.85. The maximum Gasteiger partial charge on any atom is 0.137 e. The van der Waals surface area contributed by atoms with E-state index in [0.29, 0.717) is 0 Å². The smallest absolute Gasteiger partial charge is 0.137 e. The minimum atomic E-state index is 0.906. The van der Waals surface area contributed by atoms with Crippen molar-refractivity contribution in [2.45, 2.75) is 0 Å². The van der Waals surface area contributed by atoms with Crippen LogP contribution in [0.1, 0.15) is 0 Å². The van der Waals surface area contributed by atoms with Gasteiger partial charge < -0.3 is 0 Å². The molecule has 0 aliphatic rings. The number of benzene rings is 6. The molecule has 218 valence electrons. The van der Waals surface area contributed by atoms with Crippen LogP contribution in [0.2, 0.25) is 0 Å². The molecule has 10 rings (SSSR count). The van der Waals surface area contributed by atoms with E-state index in [1.54, 1.807) is 0 Å². The molecule has 0 saturated heterocycles. The third-order valence-electron chi connectivity index (χ3n) is 9.41. The fourth-order valence-electron chi connectivity index (χ4n) is 7.39. The van der Waals surface area contributed by atoms with Crippen molar-refractivity contribution in [1.29, 1.82) is 0 Å². The summed E-state index contributed by atoms with van der Waals surface area (Å²) in [5, 5.41) is 6.99.